The minimum atomic E-state index is -0.221. The van der Waals surface area contributed by atoms with Crippen molar-refractivity contribution < 1.29 is 4.39 Å². The van der Waals surface area contributed by atoms with Gasteiger partial charge in [0.25, 0.3) is 0 Å². The van der Waals surface area contributed by atoms with E-state index >= 15 is 0 Å². The highest BCUT2D eigenvalue weighted by Gasteiger charge is 2.04. The molecule has 1 N–H and O–H groups in total. The molecular weight excluding hydrogens is 219 g/mol. The zero-order valence-corrected chi connectivity index (χ0v) is 9.94. The first kappa shape index (κ1) is 11.7. The number of nitrogens with zero attached hydrogens (tertiary/aromatic N) is 3. The van der Waals surface area contributed by atoms with Gasteiger partial charge in [-0.3, -0.25) is 0 Å². The van der Waals surface area contributed by atoms with Crippen LogP contribution in [-0.4, -0.2) is 21.8 Å². The van der Waals surface area contributed by atoms with E-state index in [4.69, 9.17) is 0 Å². The van der Waals surface area contributed by atoms with Gasteiger partial charge in [0.15, 0.2) is 5.82 Å². The highest BCUT2D eigenvalue weighted by molar-refractivity contribution is 5.26. The highest BCUT2D eigenvalue weighted by atomic mass is 19.1. The van der Waals surface area contributed by atoms with Crippen molar-refractivity contribution in [3.63, 3.8) is 0 Å². The molecule has 0 aliphatic rings. The summed E-state index contributed by atoms with van der Waals surface area (Å²) in [6, 6.07) is 4.78. The summed E-state index contributed by atoms with van der Waals surface area (Å²) in [6.45, 7) is 3.13. The maximum atomic E-state index is 13.1. The van der Waals surface area contributed by atoms with Crippen LogP contribution in [0.3, 0.4) is 0 Å². The Hall–Kier alpha value is -1.75. The van der Waals surface area contributed by atoms with Crippen LogP contribution in [0.5, 0.6) is 0 Å². The molecule has 4 nitrogen and oxygen atoms in total. The second kappa shape index (κ2) is 5.05. The molecule has 0 unspecified atom stereocenters. The molecule has 2 rings (SSSR count). The molecule has 90 valence electrons. The Balaban J connectivity index is 2.16. The predicted molar refractivity (Wildman–Crippen MR) is 63.0 cm³/mol. The van der Waals surface area contributed by atoms with Gasteiger partial charge in [-0.2, -0.15) is 5.10 Å². The molecule has 0 aliphatic heterocycles. The van der Waals surface area contributed by atoms with Gasteiger partial charge in [0.2, 0.25) is 0 Å². The van der Waals surface area contributed by atoms with Crippen molar-refractivity contribution in [2.75, 3.05) is 7.05 Å². The van der Waals surface area contributed by atoms with Crippen molar-refractivity contribution in [2.24, 2.45) is 0 Å². The molecule has 0 fully saturated rings. The number of hydrogen-bond acceptors (Lipinski definition) is 3. The third-order valence-corrected chi connectivity index (χ3v) is 2.56. The number of rotatable bonds is 4. The lowest BCUT2D eigenvalue weighted by atomic mass is 10.1. The van der Waals surface area contributed by atoms with Gasteiger partial charge in [-0.05, 0) is 37.2 Å². The van der Waals surface area contributed by atoms with Crippen LogP contribution >= 0.6 is 0 Å². The van der Waals surface area contributed by atoms with E-state index in [9.17, 15) is 4.39 Å². The molecule has 0 saturated carbocycles. The third-order valence-electron chi connectivity index (χ3n) is 2.56. The zero-order valence-electron chi connectivity index (χ0n) is 9.94. The van der Waals surface area contributed by atoms with E-state index in [0.717, 1.165) is 17.0 Å². The van der Waals surface area contributed by atoms with Gasteiger partial charge < -0.3 is 5.32 Å². The summed E-state index contributed by atoms with van der Waals surface area (Å²) >= 11 is 0. The fourth-order valence-corrected chi connectivity index (χ4v) is 1.63. The lowest BCUT2D eigenvalue weighted by molar-refractivity contribution is 0.615. The van der Waals surface area contributed by atoms with Crippen LogP contribution in [0.1, 0.15) is 17.0 Å². The van der Waals surface area contributed by atoms with Crippen LogP contribution in [0.15, 0.2) is 24.5 Å². The predicted octanol–water partition coefficient (Wildman–Crippen LogP) is 1.49. The molecule has 5 heteroatoms. The summed E-state index contributed by atoms with van der Waals surface area (Å²) in [6.07, 6.45) is 1.66. The van der Waals surface area contributed by atoms with Crippen LogP contribution in [0.25, 0.3) is 0 Å². The largest absolute Gasteiger partial charge is 0.313 e. The Bertz CT molecular complexity index is 507. The van der Waals surface area contributed by atoms with E-state index in [-0.39, 0.29) is 5.82 Å². The van der Waals surface area contributed by atoms with Crippen LogP contribution < -0.4 is 5.32 Å². The lowest BCUT2D eigenvalue weighted by Crippen LogP contribution is -2.08. The van der Waals surface area contributed by atoms with E-state index in [1.54, 1.807) is 17.1 Å². The van der Waals surface area contributed by atoms with E-state index < -0.39 is 0 Å². The van der Waals surface area contributed by atoms with Gasteiger partial charge in [-0.25, -0.2) is 14.1 Å². The fraction of sp³-hybridized carbons (Fsp3) is 0.333. The quantitative estimate of drug-likeness (QED) is 0.871. The molecule has 0 spiro atoms. The lowest BCUT2D eigenvalue weighted by Gasteiger charge is -2.05. The average molecular weight is 234 g/mol. The molecular formula is C12H15FN4. The highest BCUT2D eigenvalue weighted by Crippen LogP contribution is 2.11. The number of hydrogen-bond donors (Lipinski definition) is 1. The Morgan fingerprint density at radius 1 is 1.41 bits per heavy atom. The van der Waals surface area contributed by atoms with Gasteiger partial charge in [-0.15, -0.1) is 0 Å². The van der Waals surface area contributed by atoms with Crippen molar-refractivity contribution in [3.8, 4) is 0 Å². The maximum Gasteiger partial charge on any atom is 0.164 e. The third kappa shape index (κ3) is 2.88. The van der Waals surface area contributed by atoms with Gasteiger partial charge >= 0.3 is 0 Å². The first-order chi connectivity index (χ1) is 8.19. The maximum absolute atomic E-state index is 13.1. The zero-order chi connectivity index (χ0) is 12.3. The molecule has 0 bridgehead atoms. The summed E-state index contributed by atoms with van der Waals surface area (Å²) in [4.78, 5) is 4.15. The molecule has 0 saturated heterocycles. The summed E-state index contributed by atoms with van der Waals surface area (Å²) in [5.74, 6) is 0.516. The smallest absolute Gasteiger partial charge is 0.164 e. The second-order valence-electron chi connectivity index (χ2n) is 3.96. The molecule has 17 heavy (non-hydrogen) atoms. The monoisotopic (exact) mass is 234 g/mol. The van der Waals surface area contributed by atoms with Crippen LogP contribution in [0.4, 0.5) is 4.39 Å². The number of benzene rings is 1. The molecule has 0 atom stereocenters. The summed E-state index contributed by atoms with van der Waals surface area (Å²) < 4.78 is 14.8. The Kier molecular flexibility index (Phi) is 3.49. The first-order valence-corrected chi connectivity index (χ1v) is 5.47. The average Bonchev–Trinajstić information content (AvgIpc) is 2.72. The molecule has 2 aromatic rings. The van der Waals surface area contributed by atoms with E-state index in [1.165, 1.54) is 12.1 Å². The van der Waals surface area contributed by atoms with Crippen molar-refractivity contribution in [1.82, 2.24) is 20.1 Å². The topological polar surface area (TPSA) is 42.7 Å². The molecule has 1 aromatic heterocycles. The molecule has 0 radical (unpaired) electrons. The molecule has 0 amide bonds. The summed E-state index contributed by atoms with van der Waals surface area (Å²) in [5.41, 5.74) is 1.97. The SMILES string of the molecule is CNCc1ncn(Cc2cc(F)ccc2C)n1. The van der Waals surface area contributed by atoms with Gasteiger partial charge in [0.05, 0.1) is 13.1 Å². The van der Waals surface area contributed by atoms with Crippen LogP contribution in [0.2, 0.25) is 0 Å². The number of nitrogens with one attached hydrogen (secondary N) is 1. The number of aromatic nitrogens is 3. The van der Waals surface area contributed by atoms with Gasteiger partial charge in [0, 0.05) is 0 Å². The normalized spacial score (nSPS) is 10.8. The van der Waals surface area contributed by atoms with Crippen LogP contribution in [-0.2, 0) is 13.1 Å². The second-order valence-corrected chi connectivity index (χ2v) is 3.96. The molecule has 0 aliphatic carbocycles. The Morgan fingerprint density at radius 3 is 3.00 bits per heavy atom. The standard InChI is InChI=1S/C12H15FN4/c1-9-3-4-11(13)5-10(9)7-17-8-15-12(16-17)6-14-2/h3-5,8,14H,6-7H2,1-2H3. The van der Waals surface area contributed by atoms with Crippen molar-refractivity contribution in [3.05, 3.63) is 47.3 Å². The minimum absolute atomic E-state index is 0.221. The Labute approximate surface area is 99.5 Å². The summed E-state index contributed by atoms with van der Waals surface area (Å²) in [5, 5.41) is 7.27. The fourth-order valence-electron chi connectivity index (χ4n) is 1.63. The first-order valence-electron chi connectivity index (χ1n) is 5.47. The minimum Gasteiger partial charge on any atom is -0.313 e. The van der Waals surface area contributed by atoms with E-state index in [1.807, 2.05) is 14.0 Å². The Morgan fingerprint density at radius 2 is 2.24 bits per heavy atom. The summed E-state index contributed by atoms with van der Waals surface area (Å²) in [7, 11) is 1.84. The van der Waals surface area contributed by atoms with Gasteiger partial charge in [-0.1, -0.05) is 6.07 Å². The van der Waals surface area contributed by atoms with E-state index in [0.29, 0.717) is 13.1 Å². The molecule has 1 heterocycles. The van der Waals surface area contributed by atoms with Crippen molar-refractivity contribution in [2.45, 2.75) is 20.0 Å². The number of halogens is 1. The van der Waals surface area contributed by atoms with Gasteiger partial charge in [0.1, 0.15) is 12.1 Å². The van der Waals surface area contributed by atoms with Crippen molar-refractivity contribution in [1.29, 1.82) is 0 Å². The molecule has 1 aromatic carbocycles. The number of aryl methyl sites for hydroxylation is 1. The van der Waals surface area contributed by atoms with E-state index in [2.05, 4.69) is 15.4 Å². The van der Waals surface area contributed by atoms with Crippen molar-refractivity contribution >= 4 is 0 Å². The van der Waals surface area contributed by atoms with Crippen LogP contribution in [0, 0.1) is 12.7 Å².